The van der Waals surface area contributed by atoms with E-state index in [1.54, 1.807) is 69.3 Å². The van der Waals surface area contributed by atoms with E-state index in [1.807, 2.05) is 6.92 Å². The summed E-state index contributed by atoms with van der Waals surface area (Å²) in [6.45, 7) is 6.62. The van der Waals surface area contributed by atoms with Gasteiger partial charge in [0.1, 0.15) is 12.6 Å². The first-order chi connectivity index (χ1) is 18.4. The molecule has 3 aromatic rings. The Morgan fingerprint density at radius 1 is 0.949 bits per heavy atom. The van der Waals surface area contributed by atoms with E-state index in [-0.39, 0.29) is 23.0 Å². The number of halogens is 3. The van der Waals surface area contributed by atoms with Gasteiger partial charge in [0, 0.05) is 28.2 Å². The monoisotopic (exact) mass is 609 g/mol. The largest absolute Gasteiger partial charge is 0.355 e. The van der Waals surface area contributed by atoms with E-state index >= 15 is 0 Å². The molecule has 3 rings (SSSR count). The predicted molar refractivity (Wildman–Crippen MR) is 157 cm³/mol. The SMILES string of the molecule is CCNC(=O)[C@H](C)N(Cc1ccc(Cl)cc1Cl)C(=O)CN(c1cccc(Cl)c1C)S(=O)(=O)c1ccc(C)cc1. The lowest BCUT2D eigenvalue weighted by molar-refractivity contribution is -0.139. The zero-order chi connectivity index (χ0) is 28.9. The number of aryl methyl sites for hydroxylation is 1. The van der Waals surface area contributed by atoms with E-state index < -0.39 is 28.5 Å². The molecule has 0 saturated carbocycles. The van der Waals surface area contributed by atoms with E-state index in [1.165, 1.54) is 17.0 Å². The fourth-order valence-corrected chi connectivity index (χ4v) is 6.06. The van der Waals surface area contributed by atoms with Crippen LogP contribution >= 0.6 is 34.8 Å². The van der Waals surface area contributed by atoms with Crippen LogP contribution in [0.15, 0.2) is 65.6 Å². The first-order valence-electron chi connectivity index (χ1n) is 12.2. The Morgan fingerprint density at radius 2 is 1.62 bits per heavy atom. The second-order valence-corrected chi connectivity index (χ2v) is 12.1. The summed E-state index contributed by atoms with van der Waals surface area (Å²) in [6.07, 6.45) is 0. The van der Waals surface area contributed by atoms with E-state index in [2.05, 4.69) is 5.32 Å². The Morgan fingerprint density at radius 3 is 2.23 bits per heavy atom. The summed E-state index contributed by atoms with van der Waals surface area (Å²) in [7, 11) is -4.20. The molecular formula is C28H30Cl3N3O4S. The number of carbonyl (C=O) groups excluding carboxylic acids is 2. The molecule has 0 unspecified atom stereocenters. The summed E-state index contributed by atoms with van der Waals surface area (Å²) < 4.78 is 28.9. The van der Waals surface area contributed by atoms with Crippen LogP contribution in [0.5, 0.6) is 0 Å². The molecule has 39 heavy (non-hydrogen) atoms. The Labute approximate surface area is 244 Å². The van der Waals surface area contributed by atoms with Gasteiger partial charge in [0.05, 0.1) is 10.6 Å². The molecule has 7 nitrogen and oxygen atoms in total. The number of hydrogen-bond donors (Lipinski definition) is 1. The molecule has 0 fully saturated rings. The molecule has 3 aromatic carbocycles. The zero-order valence-electron chi connectivity index (χ0n) is 22.0. The molecule has 11 heteroatoms. The summed E-state index contributed by atoms with van der Waals surface area (Å²) >= 11 is 18.8. The minimum Gasteiger partial charge on any atom is -0.355 e. The van der Waals surface area contributed by atoms with Gasteiger partial charge in [-0.3, -0.25) is 13.9 Å². The van der Waals surface area contributed by atoms with Crippen molar-refractivity contribution >= 4 is 62.3 Å². The molecule has 0 saturated heterocycles. The van der Waals surface area contributed by atoms with Crippen LogP contribution < -0.4 is 9.62 Å². The first kappa shape index (κ1) is 30.8. The Bertz CT molecular complexity index is 1460. The van der Waals surface area contributed by atoms with Gasteiger partial charge in [-0.25, -0.2) is 8.42 Å². The van der Waals surface area contributed by atoms with Gasteiger partial charge in [-0.15, -0.1) is 0 Å². The van der Waals surface area contributed by atoms with E-state index in [9.17, 15) is 18.0 Å². The van der Waals surface area contributed by atoms with Gasteiger partial charge in [-0.05, 0) is 75.2 Å². The van der Waals surface area contributed by atoms with Crippen molar-refractivity contribution in [1.29, 1.82) is 0 Å². The lowest BCUT2D eigenvalue weighted by atomic mass is 10.1. The van der Waals surface area contributed by atoms with E-state index in [0.717, 1.165) is 9.87 Å². The van der Waals surface area contributed by atoms with Gasteiger partial charge >= 0.3 is 0 Å². The molecule has 0 aliphatic carbocycles. The minimum atomic E-state index is -4.20. The number of nitrogens with zero attached hydrogens (tertiary/aromatic N) is 2. The number of likely N-dealkylation sites (N-methyl/N-ethyl adjacent to an activating group) is 1. The molecule has 0 bridgehead atoms. The standard InChI is InChI=1S/C28H30Cl3N3O4S/c1-5-32-28(36)20(4)33(16-21-11-12-22(29)15-25(21)31)27(35)17-34(26-8-6-7-24(30)19(26)3)39(37,38)23-13-9-18(2)10-14-23/h6-15,20H,5,16-17H2,1-4H3,(H,32,36)/t20-/m0/s1. The number of amides is 2. The second kappa shape index (κ2) is 13.0. The highest BCUT2D eigenvalue weighted by molar-refractivity contribution is 7.92. The maximum Gasteiger partial charge on any atom is 0.264 e. The Balaban J connectivity index is 2.09. The summed E-state index contributed by atoms with van der Waals surface area (Å²) in [4.78, 5) is 28.1. The normalized spacial score (nSPS) is 12.1. The maximum absolute atomic E-state index is 13.9. The lowest BCUT2D eigenvalue weighted by Gasteiger charge is -2.32. The van der Waals surface area contributed by atoms with Gasteiger partial charge in [0.15, 0.2) is 0 Å². The number of anilines is 1. The maximum atomic E-state index is 13.9. The number of rotatable bonds is 10. The van der Waals surface area contributed by atoms with Gasteiger partial charge in [0.2, 0.25) is 11.8 Å². The second-order valence-electron chi connectivity index (χ2n) is 9.04. The number of benzene rings is 3. The molecule has 0 radical (unpaired) electrons. The minimum absolute atomic E-state index is 0.0179. The molecule has 0 aliphatic heterocycles. The van der Waals surface area contributed by atoms with Crippen LogP contribution in [0, 0.1) is 13.8 Å². The molecule has 208 valence electrons. The summed E-state index contributed by atoms with van der Waals surface area (Å²) in [5, 5.41) is 3.81. The molecule has 1 atom stereocenters. The van der Waals surface area contributed by atoms with Crippen LogP contribution in [-0.4, -0.2) is 44.3 Å². The van der Waals surface area contributed by atoms with Crippen molar-refractivity contribution in [2.45, 2.75) is 45.2 Å². The molecule has 2 amide bonds. The van der Waals surface area contributed by atoms with Gasteiger partial charge < -0.3 is 10.2 Å². The van der Waals surface area contributed by atoms with Crippen molar-refractivity contribution in [2.75, 3.05) is 17.4 Å². The molecule has 0 aromatic heterocycles. The number of hydrogen-bond acceptors (Lipinski definition) is 4. The third kappa shape index (κ3) is 7.25. The number of carbonyl (C=O) groups is 2. The highest BCUT2D eigenvalue weighted by atomic mass is 35.5. The quantitative estimate of drug-likeness (QED) is 0.305. The zero-order valence-corrected chi connectivity index (χ0v) is 25.1. The predicted octanol–water partition coefficient (Wildman–Crippen LogP) is 6.01. The van der Waals surface area contributed by atoms with Gasteiger partial charge in [0.25, 0.3) is 10.0 Å². The topological polar surface area (TPSA) is 86.8 Å². The van der Waals surface area contributed by atoms with E-state index in [0.29, 0.717) is 32.7 Å². The van der Waals surface area contributed by atoms with Crippen LogP contribution in [0.2, 0.25) is 15.1 Å². The summed E-state index contributed by atoms with van der Waals surface area (Å²) in [6, 6.07) is 15.1. The van der Waals surface area contributed by atoms with Crippen molar-refractivity contribution in [2.24, 2.45) is 0 Å². The highest BCUT2D eigenvalue weighted by Gasteiger charge is 2.33. The molecule has 1 N–H and O–H groups in total. The molecular weight excluding hydrogens is 581 g/mol. The van der Waals surface area contributed by atoms with Gasteiger partial charge in [-0.2, -0.15) is 0 Å². The molecule has 0 aliphatic rings. The van der Waals surface area contributed by atoms with Crippen molar-refractivity contribution in [3.63, 3.8) is 0 Å². The lowest BCUT2D eigenvalue weighted by Crippen LogP contribution is -2.51. The fraction of sp³-hybridized carbons (Fsp3) is 0.286. The summed E-state index contributed by atoms with van der Waals surface area (Å²) in [5.41, 5.74) is 2.19. The third-order valence-corrected chi connectivity index (χ3v) is 9.04. The Hall–Kier alpha value is -2.78. The number of sulfonamides is 1. The van der Waals surface area contributed by atoms with Crippen LogP contribution in [0.3, 0.4) is 0 Å². The number of nitrogens with one attached hydrogen (secondary N) is 1. The van der Waals surface area contributed by atoms with Crippen molar-refractivity contribution < 1.29 is 18.0 Å². The van der Waals surface area contributed by atoms with Crippen molar-refractivity contribution in [1.82, 2.24) is 10.2 Å². The average Bonchev–Trinajstić information content (AvgIpc) is 2.88. The highest BCUT2D eigenvalue weighted by Crippen LogP contribution is 2.31. The van der Waals surface area contributed by atoms with Crippen LogP contribution in [0.25, 0.3) is 0 Å². The average molecular weight is 611 g/mol. The van der Waals surface area contributed by atoms with Crippen LogP contribution in [-0.2, 0) is 26.2 Å². The molecule has 0 spiro atoms. The molecule has 0 heterocycles. The fourth-order valence-electron chi connectivity index (χ4n) is 3.96. The van der Waals surface area contributed by atoms with Crippen LogP contribution in [0.1, 0.15) is 30.5 Å². The first-order valence-corrected chi connectivity index (χ1v) is 14.8. The smallest absolute Gasteiger partial charge is 0.264 e. The van der Waals surface area contributed by atoms with E-state index in [4.69, 9.17) is 34.8 Å². The van der Waals surface area contributed by atoms with Crippen molar-refractivity contribution in [3.05, 3.63) is 92.4 Å². The van der Waals surface area contributed by atoms with Gasteiger partial charge in [-0.1, -0.05) is 64.6 Å². The third-order valence-electron chi connectivity index (χ3n) is 6.27. The van der Waals surface area contributed by atoms with Crippen LogP contribution in [0.4, 0.5) is 5.69 Å². The Kier molecular flexibility index (Phi) is 10.3. The van der Waals surface area contributed by atoms with Crippen molar-refractivity contribution in [3.8, 4) is 0 Å². The summed E-state index contributed by atoms with van der Waals surface area (Å²) in [5.74, 6) is -0.988.